The number of benzene rings is 1. The average Bonchev–Trinajstić information content (AvgIpc) is 3.22. The summed E-state index contributed by atoms with van der Waals surface area (Å²) in [5.74, 6) is 0.664. The predicted molar refractivity (Wildman–Crippen MR) is 102 cm³/mol. The van der Waals surface area contributed by atoms with Gasteiger partial charge in [0.2, 0.25) is 0 Å². The largest absolute Gasteiger partial charge is 0.395 e. The molecule has 3 heterocycles. The second kappa shape index (κ2) is 7.71. The number of aliphatic hydroxyl groups is 1. The Labute approximate surface area is 156 Å². The zero-order chi connectivity index (χ0) is 18.6. The monoisotopic (exact) mass is 366 g/mol. The highest BCUT2D eigenvalue weighted by Crippen LogP contribution is 2.29. The summed E-state index contributed by atoms with van der Waals surface area (Å²) in [5, 5.41) is 21.9. The zero-order valence-electron chi connectivity index (χ0n) is 15.0. The Bertz CT molecular complexity index is 935. The van der Waals surface area contributed by atoms with E-state index in [0.29, 0.717) is 0 Å². The molecule has 1 aliphatic rings. The van der Waals surface area contributed by atoms with Crippen molar-refractivity contribution < 1.29 is 9.90 Å². The standard InChI is InChI=1S/C19H22N6O2/c26-11-9-21-19(27)17-13-25(23-22-17)15-5-3-10-24(12-15)18-16-6-2-1-4-14(16)7-8-20-18/h1-2,4,6-8,13,15,26H,3,5,9-12H2,(H,21,27)/t15-/m0/s1. The third-order valence-electron chi connectivity index (χ3n) is 4.86. The van der Waals surface area contributed by atoms with Gasteiger partial charge in [-0.2, -0.15) is 0 Å². The topological polar surface area (TPSA) is 96.2 Å². The van der Waals surface area contributed by atoms with Gasteiger partial charge >= 0.3 is 0 Å². The lowest BCUT2D eigenvalue weighted by atomic mass is 10.0. The van der Waals surface area contributed by atoms with Crippen molar-refractivity contribution in [1.82, 2.24) is 25.3 Å². The van der Waals surface area contributed by atoms with Crippen molar-refractivity contribution in [3.8, 4) is 0 Å². The number of nitrogens with one attached hydrogen (secondary N) is 1. The van der Waals surface area contributed by atoms with E-state index >= 15 is 0 Å². The summed E-state index contributed by atoms with van der Waals surface area (Å²) in [6.07, 6.45) is 5.52. The van der Waals surface area contributed by atoms with Crippen LogP contribution in [0.1, 0.15) is 29.4 Å². The molecule has 8 nitrogen and oxygen atoms in total. The van der Waals surface area contributed by atoms with Gasteiger partial charge in [0.1, 0.15) is 5.82 Å². The quantitative estimate of drug-likeness (QED) is 0.708. The third-order valence-corrected chi connectivity index (χ3v) is 4.86. The van der Waals surface area contributed by atoms with Crippen LogP contribution in [-0.2, 0) is 0 Å². The Morgan fingerprint density at radius 1 is 1.30 bits per heavy atom. The summed E-state index contributed by atoms with van der Waals surface area (Å²) < 4.78 is 1.77. The third kappa shape index (κ3) is 3.61. The molecule has 4 rings (SSSR count). The van der Waals surface area contributed by atoms with Gasteiger partial charge in [-0.05, 0) is 24.3 Å². The van der Waals surface area contributed by atoms with Crippen molar-refractivity contribution in [3.63, 3.8) is 0 Å². The van der Waals surface area contributed by atoms with Gasteiger partial charge in [-0.15, -0.1) is 5.10 Å². The Morgan fingerprint density at radius 2 is 2.19 bits per heavy atom. The molecule has 0 aliphatic carbocycles. The minimum atomic E-state index is -0.321. The lowest BCUT2D eigenvalue weighted by molar-refractivity contribution is 0.0939. The molecule has 2 N–H and O–H groups in total. The van der Waals surface area contributed by atoms with Crippen LogP contribution in [-0.4, -0.2) is 57.2 Å². The Balaban J connectivity index is 1.53. The van der Waals surface area contributed by atoms with E-state index in [9.17, 15) is 4.79 Å². The number of hydrogen-bond acceptors (Lipinski definition) is 6. The molecule has 0 bridgehead atoms. The Hall–Kier alpha value is -3.00. The first-order valence-electron chi connectivity index (χ1n) is 9.16. The molecular weight excluding hydrogens is 344 g/mol. The van der Waals surface area contributed by atoms with Gasteiger partial charge in [-0.1, -0.05) is 29.5 Å². The van der Waals surface area contributed by atoms with Crippen molar-refractivity contribution in [1.29, 1.82) is 0 Å². The number of carbonyl (C=O) groups excluding carboxylic acids is 1. The number of fused-ring (bicyclic) bond motifs is 1. The second-order valence-electron chi connectivity index (χ2n) is 6.66. The van der Waals surface area contributed by atoms with E-state index in [0.717, 1.165) is 37.1 Å². The molecule has 0 unspecified atom stereocenters. The van der Waals surface area contributed by atoms with E-state index in [1.807, 2.05) is 24.4 Å². The smallest absolute Gasteiger partial charge is 0.273 e. The van der Waals surface area contributed by atoms with Gasteiger partial charge < -0.3 is 15.3 Å². The van der Waals surface area contributed by atoms with Gasteiger partial charge in [0, 0.05) is 31.2 Å². The molecular formula is C19H22N6O2. The van der Waals surface area contributed by atoms with Gasteiger partial charge in [-0.25, -0.2) is 9.67 Å². The highest BCUT2D eigenvalue weighted by Gasteiger charge is 2.25. The van der Waals surface area contributed by atoms with Crippen LogP contribution < -0.4 is 10.2 Å². The van der Waals surface area contributed by atoms with Crippen LogP contribution in [0.25, 0.3) is 10.8 Å². The van der Waals surface area contributed by atoms with E-state index in [4.69, 9.17) is 5.11 Å². The summed E-state index contributed by atoms with van der Waals surface area (Å²) >= 11 is 0. The van der Waals surface area contributed by atoms with Gasteiger partial charge in [-0.3, -0.25) is 4.79 Å². The number of nitrogens with zero attached hydrogens (tertiary/aromatic N) is 5. The van der Waals surface area contributed by atoms with Crippen LogP contribution in [0.5, 0.6) is 0 Å². The summed E-state index contributed by atoms with van der Waals surface area (Å²) in [5.41, 5.74) is 0.267. The van der Waals surface area contributed by atoms with Crippen LogP contribution >= 0.6 is 0 Å². The molecule has 8 heteroatoms. The maximum Gasteiger partial charge on any atom is 0.273 e. The van der Waals surface area contributed by atoms with Gasteiger partial charge in [0.05, 0.1) is 18.8 Å². The number of amides is 1. The number of piperidine rings is 1. The molecule has 0 spiro atoms. The Morgan fingerprint density at radius 3 is 3.07 bits per heavy atom. The van der Waals surface area contributed by atoms with Crippen LogP contribution in [0.15, 0.2) is 42.7 Å². The van der Waals surface area contributed by atoms with Crippen LogP contribution in [0.4, 0.5) is 5.82 Å². The van der Waals surface area contributed by atoms with Crippen molar-refractivity contribution in [2.75, 3.05) is 31.1 Å². The number of anilines is 1. The normalized spacial score (nSPS) is 17.2. The van der Waals surface area contributed by atoms with Gasteiger partial charge in [0.15, 0.2) is 5.69 Å². The molecule has 27 heavy (non-hydrogen) atoms. The molecule has 140 valence electrons. The van der Waals surface area contributed by atoms with E-state index in [-0.39, 0.29) is 30.8 Å². The van der Waals surface area contributed by atoms with E-state index in [1.54, 1.807) is 10.9 Å². The van der Waals surface area contributed by atoms with E-state index < -0.39 is 0 Å². The molecule has 2 aromatic heterocycles. The number of aliphatic hydroxyl groups excluding tert-OH is 1. The zero-order valence-corrected chi connectivity index (χ0v) is 15.0. The molecule has 1 saturated heterocycles. The molecule has 1 amide bonds. The Kier molecular flexibility index (Phi) is 4.97. The lowest BCUT2D eigenvalue weighted by Crippen LogP contribution is -2.37. The minimum absolute atomic E-state index is 0.102. The number of hydrogen-bond donors (Lipinski definition) is 2. The number of aromatic nitrogens is 4. The van der Waals surface area contributed by atoms with Crippen LogP contribution in [0.2, 0.25) is 0 Å². The lowest BCUT2D eigenvalue weighted by Gasteiger charge is -2.34. The summed E-state index contributed by atoms with van der Waals surface area (Å²) in [6, 6.07) is 10.4. The molecule has 1 aliphatic heterocycles. The first-order valence-corrected chi connectivity index (χ1v) is 9.16. The molecule has 1 fully saturated rings. The molecule has 1 aromatic carbocycles. The number of rotatable bonds is 5. The summed E-state index contributed by atoms with van der Waals surface area (Å²) in [4.78, 5) is 18.9. The van der Waals surface area contributed by atoms with Crippen molar-refractivity contribution in [2.24, 2.45) is 0 Å². The fourth-order valence-electron chi connectivity index (χ4n) is 3.54. The fourth-order valence-corrected chi connectivity index (χ4v) is 3.54. The SMILES string of the molecule is O=C(NCCO)c1cn([C@H]2CCCN(c3nccc4ccccc34)C2)nn1. The molecule has 0 saturated carbocycles. The molecule has 3 aromatic rings. The number of carbonyl (C=O) groups is 1. The fraction of sp³-hybridized carbons (Fsp3) is 0.368. The molecule has 1 atom stereocenters. The van der Waals surface area contributed by atoms with E-state index in [2.05, 4.69) is 37.6 Å². The first kappa shape index (κ1) is 17.4. The minimum Gasteiger partial charge on any atom is -0.395 e. The molecule has 0 radical (unpaired) electrons. The summed E-state index contributed by atoms with van der Waals surface area (Å²) in [6.45, 7) is 1.81. The average molecular weight is 366 g/mol. The van der Waals surface area contributed by atoms with Crippen molar-refractivity contribution in [2.45, 2.75) is 18.9 Å². The van der Waals surface area contributed by atoms with Crippen molar-refractivity contribution in [3.05, 3.63) is 48.4 Å². The first-order chi connectivity index (χ1) is 13.3. The van der Waals surface area contributed by atoms with Crippen molar-refractivity contribution >= 4 is 22.5 Å². The highest BCUT2D eigenvalue weighted by molar-refractivity contribution is 5.92. The van der Waals surface area contributed by atoms with Crippen LogP contribution in [0, 0.1) is 0 Å². The summed E-state index contributed by atoms with van der Waals surface area (Å²) in [7, 11) is 0. The maximum absolute atomic E-state index is 12.0. The van der Waals surface area contributed by atoms with Gasteiger partial charge in [0.25, 0.3) is 5.91 Å². The van der Waals surface area contributed by atoms with Crippen LogP contribution in [0.3, 0.4) is 0 Å². The number of pyridine rings is 1. The highest BCUT2D eigenvalue weighted by atomic mass is 16.3. The van der Waals surface area contributed by atoms with E-state index in [1.165, 1.54) is 5.39 Å². The maximum atomic E-state index is 12.0. The second-order valence-corrected chi connectivity index (χ2v) is 6.66. The predicted octanol–water partition coefficient (Wildman–Crippen LogP) is 1.39.